The summed E-state index contributed by atoms with van der Waals surface area (Å²) in [6.45, 7) is 0.327. The molecule has 0 amide bonds. The summed E-state index contributed by atoms with van der Waals surface area (Å²) < 4.78 is 1.58. The summed E-state index contributed by atoms with van der Waals surface area (Å²) in [5.41, 5.74) is 7.26. The first-order chi connectivity index (χ1) is 7.72. The first-order valence-electron chi connectivity index (χ1n) is 4.65. The fourth-order valence-corrected chi connectivity index (χ4v) is 1.36. The van der Waals surface area contributed by atoms with Gasteiger partial charge in [-0.15, -0.1) is 5.10 Å². The lowest BCUT2D eigenvalue weighted by Crippen LogP contribution is -2.07. The van der Waals surface area contributed by atoms with Gasteiger partial charge >= 0.3 is 5.97 Å². The second-order valence-corrected chi connectivity index (χ2v) is 3.19. The highest BCUT2D eigenvalue weighted by Crippen LogP contribution is 2.10. The number of hydrogen-bond donors (Lipinski definition) is 2. The molecule has 2 rings (SSSR count). The third kappa shape index (κ3) is 1.78. The molecule has 0 aliphatic rings. The van der Waals surface area contributed by atoms with Crippen LogP contribution in [-0.4, -0.2) is 26.1 Å². The molecule has 16 heavy (non-hydrogen) atoms. The number of carbonyl (C=O) groups is 1. The molecule has 6 nitrogen and oxygen atoms in total. The molecule has 82 valence electrons. The number of aromatic carboxylic acids is 1. The monoisotopic (exact) mass is 218 g/mol. The minimum absolute atomic E-state index is 0.234. The van der Waals surface area contributed by atoms with E-state index < -0.39 is 5.97 Å². The molecule has 0 unspecified atom stereocenters. The van der Waals surface area contributed by atoms with E-state index in [4.69, 9.17) is 10.8 Å². The molecule has 6 heteroatoms. The summed E-state index contributed by atoms with van der Waals surface area (Å²) in [6, 6.07) is 6.36. The summed E-state index contributed by atoms with van der Waals surface area (Å²) in [5.74, 6) is -0.954. The van der Waals surface area contributed by atoms with Crippen LogP contribution in [0.2, 0.25) is 0 Å². The molecule has 1 heterocycles. The highest BCUT2D eigenvalue weighted by atomic mass is 16.4. The van der Waals surface area contributed by atoms with Crippen LogP contribution in [0.15, 0.2) is 30.5 Å². The van der Waals surface area contributed by atoms with Crippen LogP contribution in [0.3, 0.4) is 0 Å². The van der Waals surface area contributed by atoms with Crippen LogP contribution >= 0.6 is 0 Å². The molecule has 0 radical (unpaired) electrons. The van der Waals surface area contributed by atoms with E-state index in [2.05, 4.69) is 10.3 Å². The van der Waals surface area contributed by atoms with Crippen LogP contribution in [0.4, 0.5) is 0 Å². The molecule has 0 aliphatic heterocycles. The molecule has 0 spiro atoms. The van der Waals surface area contributed by atoms with Crippen LogP contribution in [0.5, 0.6) is 0 Å². The average Bonchev–Trinajstić information content (AvgIpc) is 2.77. The number of benzene rings is 1. The van der Waals surface area contributed by atoms with E-state index in [9.17, 15) is 4.79 Å². The van der Waals surface area contributed by atoms with Crippen molar-refractivity contribution in [3.63, 3.8) is 0 Å². The number of hydrogen-bond acceptors (Lipinski definition) is 4. The van der Waals surface area contributed by atoms with E-state index in [1.807, 2.05) is 0 Å². The SMILES string of the molecule is NCc1cnnn1-c1ccc(C(=O)O)cc1. The van der Waals surface area contributed by atoms with Gasteiger partial charge in [-0.25, -0.2) is 9.48 Å². The minimum atomic E-state index is -0.954. The zero-order chi connectivity index (χ0) is 11.5. The second-order valence-electron chi connectivity index (χ2n) is 3.19. The van der Waals surface area contributed by atoms with E-state index in [0.717, 1.165) is 11.4 Å². The summed E-state index contributed by atoms with van der Waals surface area (Å²) in [6.07, 6.45) is 1.57. The Kier molecular flexibility index (Phi) is 2.65. The molecular formula is C10H10N4O2. The smallest absolute Gasteiger partial charge is 0.335 e. The van der Waals surface area contributed by atoms with Gasteiger partial charge in [0, 0.05) is 6.54 Å². The van der Waals surface area contributed by atoms with Crippen molar-refractivity contribution in [3.05, 3.63) is 41.7 Å². The van der Waals surface area contributed by atoms with E-state index in [1.165, 1.54) is 12.1 Å². The number of nitrogens with zero attached hydrogens (tertiary/aromatic N) is 3. The minimum Gasteiger partial charge on any atom is -0.478 e. The number of rotatable bonds is 3. The van der Waals surface area contributed by atoms with Gasteiger partial charge in [0.05, 0.1) is 23.1 Å². The molecule has 1 aromatic heterocycles. The molecular weight excluding hydrogens is 208 g/mol. The topological polar surface area (TPSA) is 94.0 Å². The van der Waals surface area contributed by atoms with Gasteiger partial charge in [0.2, 0.25) is 0 Å². The predicted molar refractivity (Wildman–Crippen MR) is 56.2 cm³/mol. The zero-order valence-corrected chi connectivity index (χ0v) is 8.37. The number of aromatic nitrogens is 3. The number of carboxylic acids is 1. The fraction of sp³-hybridized carbons (Fsp3) is 0.100. The second kappa shape index (κ2) is 4.11. The summed E-state index contributed by atoms with van der Waals surface area (Å²) >= 11 is 0. The van der Waals surface area contributed by atoms with Gasteiger partial charge in [0.25, 0.3) is 0 Å². The first-order valence-corrected chi connectivity index (χ1v) is 4.65. The van der Waals surface area contributed by atoms with E-state index in [1.54, 1.807) is 23.0 Å². The van der Waals surface area contributed by atoms with Crippen LogP contribution in [0.1, 0.15) is 16.1 Å². The lowest BCUT2D eigenvalue weighted by Gasteiger charge is -2.04. The van der Waals surface area contributed by atoms with E-state index in [-0.39, 0.29) is 5.56 Å². The van der Waals surface area contributed by atoms with Gasteiger partial charge in [-0.05, 0) is 24.3 Å². The summed E-state index contributed by atoms with van der Waals surface area (Å²) in [5, 5.41) is 16.4. The Hall–Kier alpha value is -2.21. The Balaban J connectivity index is 2.38. The molecule has 0 fully saturated rings. The van der Waals surface area contributed by atoms with Gasteiger partial charge in [0.15, 0.2) is 0 Å². The number of nitrogens with two attached hydrogens (primary N) is 1. The van der Waals surface area contributed by atoms with Crippen molar-refractivity contribution in [2.24, 2.45) is 5.73 Å². The first kappa shape index (κ1) is 10.3. The average molecular weight is 218 g/mol. The molecule has 1 aromatic carbocycles. The van der Waals surface area contributed by atoms with Crippen LogP contribution in [-0.2, 0) is 6.54 Å². The Morgan fingerprint density at radius 3 is 2.62 bits per heavy atom. The molecule has 0 saturated heterocycles. The summed E-state index contributed by atoms with van der Waals surface area (Å²) in [4.78, 5) is 10.7. The van der Waals surface area contributed by atoms with Crippen molar-refractivity contribution in [1.82, 2.24) is 15.0 Å². The normalized spacial score (nSPS) is 10.3. The molecule has 3 N–H and O–H groups in total. The predicted octanol–water partition coefficient (Wildman–Crippen LogP) is 0.424. The van der Waals surface area contributed by atoms with E-state index in [0.29, 0.717) is 6.54 Å². The standard InChI is InChI=1S/C10H10N4O2/c11-5-9-6-12-13-14(9)8-3-1-7(2-4-8)10(15)16/h1-4,6H,5,11H2,(H,15,16). The Bertz CT molecular complexity index is 504. The third-order valence-corrected chi connectivity index (χ3v) is 2.19. The Labute approximate surface area is 91.3 Å². The van der Waals surface area contributed by atoms with Gasteiger partial charge in [-0.2, -0.15) is 0 Å². The van der Waals surface area contributed by atoms with Crippen molar-refractivity contribution in [3.8, 4) is 5.69 Å². The van der Waals surface area contributed by atoms with Gasteiger partial charge in [0.1, 0.15) is 0 Å². The van der Waals surface area contributed by atoms with Crippen molar-refractivity contribution >= 4 is 5.97 Å². The van der Waals surface area contributed by atoms with Crippen LogP contribution in [0.25, 0.3) is 5.69 Å². The third-order valence-electron chi connectivity index (χ3n) is 2.19. The lowest BCUT2D eigenvalue weighted by atomic mass is 10.2. The van der Waals surface area contributed by atoms with Crippen molar-refractivity contribution in [1.29, 1.82) is 0 Å². The van der Waals surface area contributed by atoms with Crippen molar-refractivity contribution in [2.45, 2.75) is 6.54 Å². The number of carboxylic acid groups (broad SMARTS) is 1. The lowest BCUT2D eigenvalue weighted by molar-refractivity contribution is 0.0697. The van der Waals surface area contributed by atoms with Crippen LogP contribution in [0, 0.1) is 0 Å². The molecule has 0 atom stereocenters. The quantitative estimate of drug-likeness (QED) is 0.778. The summed E-state index contributed by atoms with van der Waals surface area (Å²) in [7, 11) is 0. The van der Waals surface area contributed by atoms with Crippen LogP contribution < -0.4 is 5.73 Å². The molecule has 2 aromatic rings. The molecule has 0 bridgehead atoms. The van der Waals surface area contributed by atoms with Gasteiger partial charge in [-0.1, -0.05) is 5.21 Å². The van der Waals surface area contributed by atoms with Crippen molar-refractivity contribution < 1.29 is 9.90 Å². The fourth-order valence-electron chi connectivity index (χ4n) is 1.36. The maximum atomic E-state index is 10.7. The highest BCUT2D eigenvalue weighted by molar-refractivity contribution is 5.87. The highest BCUT2D eigenvalue weighted by Gasteiger charge is 2.06. The maximum absolute atomic E-state index is 10.7. The zero-order valence-electron chi connectivity index (χ0n) is 8.37. The van der Waals surface area contributed by atoms with Gasteiger partial charge < -0.3 is 10.8 Å². The van der Waals surface area contributed by atoms with Crippen molar-refractivity contribution in [2.75, 3.05) is 0 Å². The molecule has 0 aliphatic carbocycles. The Morgan fingerprint density at radius 2 is 2.06 bits per heavy atom. The largest absolute Gasteiger partial charge is 0.478 e. The van der Waals surface area contributed by atoms with Gasteiger partial charge in [-0.3, -0.25) is 0 Å². The maximum Gasteiger partial charge on any atom is 0.335 e. The Morgan fingerprint density at radius 1 is 1.38 bits per heavy atom. The molecule has 0 saturated carbocycles. The van der Waals surface area contributed by atoms with E-state index >= 15 is 0 Å².